The minimum atomic E-state index is -0.0984. The smallest absolute Gasteiger partial charge is 0.259 e. The molecule has 0 fully saturated rings. The summed E-state index contributed by atoms with van der Waals surface area (Å²) in [5, 5.41) is 3.80. The van der Waals surface area contributed by atoms with Gasteiger partial charge in [-0.2, -0.15) is 0 Å². The lowest BCUT2D eigenvalue weighted by Crippen LogP contribution is -2.31. The van der Waals surface area contributed by atoms with Gasteiger partial charge in [0.2, 0.25) is 0 Å². The van der Waals surface area contributed by atoms with Crippen molar-refractivity contribution in [1.29, 1.82) is 0 Å². The number of hydrogen-bond acceptors (Lipinski definition) is 4. The number of carbonyl (C=O) groups excluding carboxylic acids is 1. The van der Waals surface area contributed by atoms with Gasteiger partial charge in [0, 0.05) is 7.05 Å². The molecule has 0 aliphatic heterocycles. The number of benzene rings is 1. The van der Waals surface area contributed by atoms with Crippen molar-refractivity contribution in [3.05, 3.63) is 46.8 Å². The summed E-state index contributed by atoms with van der Waals surface area (Å²) in [6.45, 7) is 6.47. The number of aryl methyl sites for hydroxylation is 3. The molecule has 112 valence electrons. The van der Waals surface area contributed by atoms with E-state index in [-0.39, 0.29) is 5.91 Å². The number of amides is 1. The number of nitrogens with zero attached hydrogens (tertiary/aromatic N) is 2. The highest BCUT2D eigenvalue weighted by molar-refractivity contribution is 5.95. The van der Waals surface area contributed by atoms with Crippen molar-refractivity contribution < 1.29 is 14.1 Å². The summed E-state index contributed by atoms with van der Waals surface area (Å²) in [4.78, 5) is 13.9. The fraction of sp³-hybridized carbons (Fsp3) is 0.375. The van der Waals surface area contributed by atoms with Crippen molar-refractivity contribution in [2.45, 2.75) is 20.8 Å². The highest BCUT2D eigenvalue weighted by Crippen LogP contribution is 2.15. The van der Waals surface area contributed by atoms with E-state index < -0.39 is 0 Å². The molecule has 2 aromatic rings. The molecular formula is C16H20N2O3. The monoisotopic (exact) mass is 288 g/mol. The molecule has 0 saturated carbocycles. The van der Waals surface area contributed by atoms with Crippen molar-refractivity contribution in [2.24, 2.45) is 0 Å². The second-order valence-corrected chi connectivity index (χ2v) is 5.09. The average molecular weight is 288 g/mol. The van der Waals surface area contributed by atoms with E-state index in [1.54, 1.807) is 25.8 Å². The van der Waals surface area contributed by atoms with Crippen LogP contribution in [0, 0.1) is 20.8 Å². The molecule has 0 radical (unpaired) electrons. The van der Waals surface area contributed by atoms with Crippen LogP contribution >= 0.6 is 0 Å². The Bertz CT molecular complexity index is 597. The fourth-order valence-corrected chi connectivity index (χ4v) is 2.02. The van der Waals surface area contributed by atoms with Crippen LogP contribution in [0.1, 0.15) is 27.4 Å². The van der Waals surface area contributed by atoms with Crippen LogP contribution in [0.4, 0.5) is 0 Å². The first-order chi connectivity index (χ1) is 9.99. The molecule has 1 aromatic heterocycles. The molecule has 0 spiro atoms. The van der Waals surface area contributed by atoms with Gasteiger partial charge in [-0.15, -0.1) is 0 Å². The average Bonchev–Trinajstić information content (AvgIpc) is 2.79. The Hall–Kier alpha value is -2.30. The summed E-state index contributed by atoms with van der Waals surface area (Å²) in [6, 6.07) is 7.83. The molecule has 0 unspecified atom stereocenters. The van der Waals surface area contributed by atoms with E-state index in [2.05, 4.69) is 5.16 Å². The standard InChI is InChI=1S/C16H20N2O3/c1-11-5-7-14(8-6-11)20-10-9-18(4)16(19)15-12(2)17-21-13(15)3/h5-8H,9-10H2,1-4H3. The van der Waals surface area contributed by atoms with Crippen LogP contribution in [0.5, 0.6) is 5.75 Å². The van der Waals surface area contributed by atoms with Gasteiger partial charge in [0.05, 0.1) is 12.2 Å². The van der Waals surface area contributed by atoms with Crippen LogP contribution in [-0.4, -0.2) is 36.2 Å². The maximum absolute atomic E-state index is 12.3. The lowest BCUT2D eigenvalue weighted by Gasteiger charge is -2.17. The third kappa shape index (κ3) is 3.62. The van der Waals surface area contributed by atoms with Gasteiger partial charge in [0.15, 0.2) is 0 Å². The number of likely N-dealkylation sites (N-methyl/N-ethyl adjacent to an activating group) is 1. The second-order valence-electron chi connectivity index (χ2n) is 5.09. The summed E-state index contributed by atoms with van der Waals surface area (Å²) in [7, 11) is 1.74. The summed E-state index contributed by atoms with van der Waals surface area (Å²) < 4.78 is 10.6. The Labute approximate surface area is 124 Å². The topological polar surface area (TPSA) is 55.6 Å². The highest BCUT2D eigenvalue weighted by atomic mass is 16.5. The first-order valence-electron chi connectivity index (χ1n) is 6.87. The Morgan fingerprint density at radius 1 is 1.24 bits per heavy atom. The maximum Gasteiger partial charge on any atom is 0.259 e. The first-order valence-corrected chi connectivity index (χ1v) is 6.87. The van der Waals surface area contributed by atoms with Crippen molar-refractivity contribution in [1.82, 2.24) is 10.1 Å². The molecule has 5 heteroatoms. The number of hydrogen-bond donors (Lipinski definition) is 0. The van der Waals surface area contributed by atoms with Crippen LogP contribution in [0.25, 0.3) is 0 Å². The number of carbonyl (C=O) groups is 1. The molecule has 1 aromatic carbocycles. The molecule has 0 aliphatic rings. The zero-order valence-corrected chi connectivity index (χ0v) is 12.8. The zero-order valence-electron chi connectivity index (χ0n) is 12.8. The molecule has 2 rings (SSSR count). The van der Waals surface area contributed by atoms with Crippen LogP contribution < -0.4 is 4.74 Å². The van der Waals surface area contributed by atoms with E-state index in [1.807, 2.05) is 31.2 Å². The second kappa shape index (κ2) is 6.43. The van der Waals surface area contributed by atoms with Gasteiger partial charge >= 0.3 is 0 Å². The highest BCUT2D eigenvalue weighted by Gasteiger charge is 2.20. The minimum absolute atomic E-state index is 0.0984. The van der Waals surface area contributed by atoms with Crippen molar-refractivity contribution in [3.63, 3.8) is 0 Å². The number of ether oxygens (including phenoxy) is 1. The van der Waals surface area contributed by atoms with Crippen LogP contribution in [0.3, 0.4) is 0 Å². The Balaban J connectivity index is 1.88. The minimum Gasteiger partial charge on any atom is -0.492 e. The Morgan fingerprint density at radius 2 is 1.90 bits per heavy atom. The van der Waals surface area contributed by atoms with Crippen molar-refractivity contribution >= 4 is 5.91 Å². The van der Waals surface area contributed by atoms with Crippen LogP contribution in [-0.2, 0) is 0 Å². The quantitative estimate of drug-likeness (QED) is 0.849. The fourth-order valence-electron chi connectivity index (χ4n) is 2.02. The van der Waals surface area contributed by atoms with Gasteiger partial charge in [-0.1, -0.05) is 22.9 Å². The number of aromatic nitrogens is 1. The van der Waals surface area contributed by atoms with Crippen LogP contribution in [0.15, 0.2) is 28.8 Å². The molecule has 21 heavy (non-hydrogen) atoms. The predicted octanol–water partition coefficient (Wildman–Crippen LogP) is 2.75. The van der Waals surface area contributed by atoms with E-state index in [9.17, 15) is 4.79 Å². The summed E-state index contributed by atoms with van der Waals surface area (Å²) in [5.41, 5.74) is 2.34. The van der Waals surface area contributed by atoms with E-state index in [4.69, 9.17) is 9.26 Å². The molecule has 0 N–H and O–H groups in total. The summed E-state index contributed by atoms with van der Waals surface area (Å²) in [5.74, 6) is 1.25. The molecule has 0 bridgehead atoms. The molecule has 1 heterocycles. The largest absolute Gasteiger partial charge is 0.492 e. The van der Waals surface area contributed by atoms with Gasteiger partial charge in [-0.3, -0.25) is 4.79 Å². The normalized spacial score (nSPS) is 10.5. The molecule has 0 aliphatic carbocycles. The van der Waals surface area contributed by atoms with E-state index in [0.29, 0.717) is 30.2 Å². The summed E-state index contributed by atoms with van der Waals surface area (Å²) >= 11 is 0. The molecule has 0 saturated heterocycles. The molecule has 0 atom stereocenters. The van der Waals surface area contributed by atoms with Gasteiger partial charge in [-0.25, -0.2) is 0 Å². The Kier molecular flexibility index (Phi) is 4.62. The summed E-state index contributed by atoms with van der Waals surface area (Å²) in [6.07, 6.45) is 0. The van der Waals surface area contributed by atoms with Gasteiger partial charge < -0.3 is 14.2 Å². The third-order valence-electron chi connectivity index (χ3n) is 3.31. The van der Waals surface area contributed by atoms with Gasteiger partial charge in [0.1, 0.15) is 23.7 Å². The number of rotatable bonds is 5. The molecule has 1 amide bonds. The zero-order chi connectivity index (χ0) is 15.4. The van der Waals surface area contributed by atoms with Crippen molar-refractivity contribution in [3.8, 4) is 5.75 Å². The van der Waals surface area contributed by atoms with Crippen LogP contribution in [0.2, 0.25) is 0 Å². The lowest BCUT2D eigenvalue weighted by molar-refractivity contribution is 0.0771. The molecule has 5 nitrogen and oxygen atoms in total. The van der Waals surface area contributed by atoms with Gasteiger partial charge in [0.25, 0.3) is 5.91 Å². The predicted molar refractivity (Wildman–Crippen MR) is 79.6 cm³/mol. The SMILES string of the molecule is Cc1ccc(OCCN(C)C(=O)c2c(C)noc2C)cc1. The maximum atomic E-state index is 12.3. The molecular weight excluding hydrogens is 268 g/mol. The third-order valence-corrected chi connectivity index (χ3v) is 3.31. The van der Waals surface area contributed by atoms with E-state index in [1.165, 1.54) is 5.56 Å². The van der Waals surface area contributed by atoms with E-state index in [0.717, 1.165) is 5.75 Å². The first kappa shape index (κ1) is 15.1. The van der Waals surface area contributed by atoms with Gasteiger partial charge in [-0.05, 0) is 32.9 Å². The Morgan fingerprint density at radius 3 is 2.48 bits per heavy atom. The van der Waals surface area contributed by atoms with Crippen molar-refractivity contribution in [2.75, 3.05) is 20.2 Å². The van der Waals surface area contributed by atoms with E-state index >= 15 is 0 Å². The lowest BCUT2D eigenvalue weighted by atomic mass is 10.2.